The standard InChI is InChI=1S/C32H38ClN5O3.3ClH/c1-4-40-31(39)32(2,3)29-30(33)38-26(34-29)16-17-27(35-38)41-23-11-18-36-19-21-37(22-20-36)28(24-12-7-5-8-13-24)25-14-9-6-10-15-25;;;/h5-10,12-17,28H,4,11,18-23H2,1-3H3;3*1H. The molecule has 3 heterocycles. The zero-order valence-electron chi connectivity index (χ0n) is 25.2. The van der Waals surface area contributed by atoms with E-state index < -0.39 is 5.41 Å². The molecule has 1 aliphatic rings. The molecular formula is C32H41Cl4N5O3. The van der Waals surface area contributed by atoms with Gasteiger partial charge in [-0.2, -0.15) is 4.52 Å². The van der Waals surface area contributed by atoms with Crippen LogP contribution in [-0.4, -0.2) is 76.3 Å². The van der Waals surface area contributed by atoms with Crippen molar-refractivity contribution in [1.29, 1.82) is 0 Å². The van der Waals surface area contributed by atoms with Crippen LogP contribution in [-0.2, 0) is 14.9 Å². The largest absolute Gasteiger partial charge is 0.477 e. The number of imidazole rings is 1. The quantitative estimate of drug-likeness (QED) is 0.129. The summed E-state index contributed by atoms with van der Waals surface area (Å²) in [4.78, 5) is 22.1. The summed E-state index contributed by atoms with van der Waals surface area (Å²) < 4.78 is 12.7. The molecule has 44 heavy (non-hydrogen) atoms. The van der Waals surface area contributed by atoms with Crippen LogP contribution in [0.1, 0.15) is 50.1 Å². The Morgan fingerprint density at radius 1 is 0.909 bits per heavy atom. The van der Waals surface area contributed by atoms with Gasteiger partial charge in [-0.25, -0.2) is 4.98 Å². The molecule has 0 N–H and O–H groups in total. The molecule has 0 atom stereocenters. The Morgan fingerprint density at radius 2 is 1.50 bits per heavy atom. The Morgan fingerprint density at radius 3 is 2.07 bits per heavy atom. The van der Waals surface area contributed by atoms with E-state index in [1.54, 1.807) is 32.9 Å². The second-order valence-corrected chi connectivity index (χ2v) is 11.2. The average molecular weight is 686 g/mol. The third-order valence-corrected chi connectivity index (χ3v) is 7.99. The Labute approximate surface area is 283 Å². The number of halogens is 4. The zero-order valence-corrected chi connectivity index (χ0v) is 28.4. The molecule has 0 saturated carbocycles. The predicted octanol–water partition coefficient (Wildman–Crippen LogP) is 6.66. The van der Waals surface area contributed by atoms with E-state index in [2.05, 4.69) is 80.5 Å². The van der Waals surface area contributed by atoms with Gasteiger partial charge >= 0.3 is 5.97 Å². The van der Waals surface area contributed by atoms with Gasteiger partial charge in [0.2, 0.25) is 5.88 Å². The molecule has 0 unspecified atom stereocenters. The fourth-order valence-corrected chi connectivity index (χ4v) is 5.77. The first-order chi connectivity index (χ1) is 19.9. The van der Waals surface area contributed by atoms with Crippen molar-refractivity contribution in [3.05, 3.63) is 94.8 Å². The van der Waals surface area contributed by atoms with Gasteiger partial charge in [-0.15, -0.1) is 42.3 Å². The summed E-state index contributed by atoms with van der Waals surface area (Å²) in [6.07, 6.45) is 0.888. The highest BCUT2D eigenvalue weighted by atomic mass is 35.5. The summed E-state index contributed by atoms with van der Waals surface area (Å²) in [6.45, 7) is 11.1. The van der Waals surface area contributed by atoms with Crippen LogP contribution in [0, 0.1) is 0 Å². The third-order valence-electron chi connectivity index (χ3n) is 7.65. The van der Waals surface area contributed by atoms with Gasteiger partial charge in [0.15, 0.2) is 10.8 Å². The lowest BCUT2D eigenvalue weighted by atomic mass is 9.90. The number of esters is 1. The fraction of sp³-hybridized carbons (Fsp3) is 0.406. The van der Waals surface area contributed by atoms with Gasteiger partial charge in [-0.3, -0.25) is 9.69 Å². The van der Waals surface area contributed by atoms with E-state index in [0.717, 1.165) is 39.1 Å². The molecule has 5 rings (SSSR count). The molecular weight excluding hydrogens is 644 g/mol. The summed E-state index contributed by atoms with van der Waals surface area (Å²) in [5.74, 6) is 0.0916. The minimum Gasteiger partial charge on any atom is -0.477 e. The van der Waals surface area contributed by atoms with E-state index in [1.807, 2.05) is 0 Å². The van der Waals surface area contributed by atoms with Gasteiger partial charge in [-0.05, 0) is 44.4 Å². The lowest BCUT2D eigenvalue weighted by molar-refractivity contribution is -0.148. The van der Waals surface area contributed by atoms with E-state index in [9.17, 15) is 4.79 Å². The van der Waals surface area contributed by atoms with Crippen molar-refractivity contribution < 1.29 is 14.3 Å². The molecule has 2 aromatic heterocycles. The van der Waals surface area contributed by atoms with Crippen LogP contribution in [0.25, 0.3) is 5.65 Å². The lowest BCUT2D eigenvalue weighted by Gasteiger charge is -2.39. The van der Waals surface area contributed by atoms with Crippen LogP contribution in [0.2, 0.25) is 5.15 Å². The average Bonchev–Trinajstić information content (AvgIpc) is 3.34. The maximum atomic E-state index is 12.5. The van der Waals surface area contributed by atoms with E-state index in [-0.39, 0.29) is 54.4 Å². The summed E-state index contributed by atoms with van der Waals surface area (Å²) in [5, 5.41) is 4.80. The first kappa shape index (κ1) is 37.6. The second-order valence-electron chi connectivity index (χ2n) is 10.8. The van der Waals surface area contributed by atoms with Crippen LogP contribution in [0.5, 0.6) is 5.88 Å². The Hall–Kier alpha value is -2.59. The molecule has 1 saturated heterocycles. The maximum Gasteiger partial charge on any atom is 0.317 e. The highest BCUT2D eigenvalue weighted by molar-refractivity contribution is 6.30. The van der Waals surface area contributed by atoms with E-state index in [1.165, 1.54) is 15.6 Å². The zero-order chi connectivity index (χ0) is 28.8. The number of hydrogen-bond acceptors (Lipinski definition) is 7. The Balaban J connectivity index is 0.00000225. The van der Waals surface area contributed by atoms with Gasteiger partial charge in [0.05, 0.1) is 24.9 Å². The topological polar surface area (TPSA) is 72.2 Å². The number of piperazine rings is 1. The summed E-state index contributed by atoms with van der Waals surface area (Å²) >= 11 is 6.60. The van der Waals surface area contributed by atoms with E-state index in [0.29, 0.717) is 30.4 Å². The number of aromatic nitrogens is 3. The molecule has 2 aromatic carbocycles. The first-order valence-corrected chi connectivity index (χ1v) is 14.7. The van der Waals surface area contributed by atoms with Crippen molar-refractivity contribution in [2.24, 2.45) is 0 Å². The summed E-state index contributed by atoms with van der Waals surface area (Å²) in [6, 6.07) is 25.4. The Bertz CT molecular complexity index is 1410. The smallest absolute Gasteiger partial charge is 0.317 e. The fourth-order valence-electron chi connectivity index (χ4n) is 5.37. The molecule has 12 heteroatoms. The number of hydrogen-bond donors (Lipinski definition) is 0. The number of nitrogens with zero attached hydrogens (tertiary/aromatic N) is 5. The van der Waals surface area contributed by atoms with Gasteiger partial charge in [0, 0.05) is 38.8 Å². The second kappa shape index (κ2) is 17.2. The van der Waals surface area contributed by atoms with Crippen LogP contribution < -0.4 is 4.74 Å². The molecule has 0 amide bonds. The van der Waals surface area contributed by atoms with E-state index in [4.69, 9.17) is 21.1 Å². The molecule has 0 radical (unpaired) electrons. The normalized spacial score (nSPS) is 13.9. The van der Waals surface area contributed by atoms with Crippen molar-refractivity contribution in [3.8, 4) is 5.88 Å². The lowest BCUT2D eigenvalue weighted by Crippen LogP contribution is -2.48. The Kier molecular flexibility index (Phi) is 14.7. The van der Waals surface area contributed by atoms with Crippen LogP contribution >= 0.6 is 48.8 Å². The number of carbonyl (C=O) groups is 1. The molecule has 1 aliphatic heterocycles. The van der Waals surface area contributed by atoms with E-state index >= 15 is 0 Å². The molecule has 0 bridgehead atoms. The van der Waals surface area contributed by atoms with Crippen molar-refractivity contribution in [3.63, 3.8) is 0 Å². The minimum atomic E-state index is -0.992. The number of ether oxygens (including phenoxy) is 2. The van der Waals surface area contributed by atoms with Crippen molar-refractivity contribution >= 4 is 60.4 Å². The van der Waals surface area contributed by atoms with Crippen LogP contribution in [0.3, 0.4) is 0 Å². The number of fused-ring (bicyclic) bond motifs is 1. The summed E-state index contributed by atoms with van der Waals surface area (Å²) in [7, 11) is 0. The number of benzene rings is 2. The molecule has 8 nitrogen and oxygen atoms in total. The molecule has 240 valence electrons. The van der Waals surface area contributed by atoms with Crippen molar-refractivity contribution in [2.75, 3.05) is 45.9 Å². The minimum absolute atomic E-state index is 0. The highest BCUT2D eigenvalue weighted by Gasteiger charge is 2.37. The highest BCUT2D eigenvalue weighted by Crippen LogP contribution is 2.32. The van der Waals surface area contributed by atoms with Gasteiger partial charge in [-0.1, -0.05) is 72.3 Å². The van der Waals surface area contributed by atoms with Crippen molar-refractivity contribution in [2.45, 2.75) is 38.6 Å². The van der Waals surface area contributed by atoms with Gasteiger partial charge < -0.3 is 14.4 Å². The van der Waals surface area contributed by atoms with Crippen molar-refractivity contribution in [1.82, 2.24) is 24.4 Å². The number of carbonyl (C=O) groups excluding carboxylic acids is 1. The molecule has 0 aliphatic carbocycles. The molecule has 1 fully saturated rings. The first-order valence-electron chi connectivity index (χ1n) is 14.3. The molecule has 4 aromatic rings. The van der Waals surface area contributed by atoms with Gasteiger partial charge in [0.25, 0.3) is 0 Å². The predicted molar refractivity (Wildman–Crippen MR) is 182 cm³/mol. The SMILES string of the molecule is CCOC(=O)C(C)(C)c1nc2ccc(OCCCN3CCN(C(c4ccccc4)c4ccccc4)CC3)nn2c1Cl.Cl.Cl.Cl. The summed E-state index contributed by atoms with van der Waals surface area (Å²) in [5.41, 5.74) is 2.66. The maximum absolute atomic E-state index is 12.5. The third kappa shape index (κ3) is 8.56. The van der Waals surface area contributed by atoms with Crippen LogP contribution in [0.15, 0.2) is 72.8 Å². The van der Waals surface area contributed by atoms with Crippen LogP contribution in [0.4, 0.5) is 0 Å². The monoisotopic (exact) mass is 683 g/mol. The number of rotatable bonds is 11. The molecule has 0 spiro atoms. The van der Waals surface area contributed by atoms with Gasteiger partial charge in [0.1, 0.15) is 5.41 Å².